The first-order valence-corrected chi connectivity index (χ1v) is 13.4. The second-order valence-electron chi connectivity index (χ2n) is 6.98. The van der Waals surface area contributed by atoms with Gasteiger partial charge in [-0.25, -0.2) is 0 Å². The summed E-state index contributed by atoms with van der Waals surface area (Å²) in [6.45, 7) is 6.30. The van der Waals surface area contributed by atoms with E-state index in [0.29, 0.717) is 13.0 Å². The monoisotopic (exact) mass is 455 g/mol. The van der Waals surface area contributed by atoms with E-state index in [1.54, 1.807) is 42.7 Å². The summed E-state index contributed by atoms with van der Waals surface area (Å²) < 4.78 is 38.3. The number of ether oxygens (including phenoxy) is 1. The molecule has 0 aromatic rings. The zero-order valence-corrected chi connectivity index (χ0v) is 21.6. The highest BCUT2D eigenvalue weighted by Crippen LogP contribution is 2.29. The smallest absolute Gasteiger partial charge is 0.469 e. The van der Waals surface area contributed by atoms with E-state index in [-0.39, 0.29) is 17.1 Å². The van der Waals surface area contributed by atoms with Crippen LogP contribution in [0, 0.1) is 0 Å². The third-order valence-electron chi connectivity index (χ3n) is 5.53. The van der Waals surface area contributed by atoms with Crippen LogP contribution in [-0.4, -0.2) is 97.9 Å². The van der Waals surface area contributed by atoms with Crippen LogP contribution in [0.3, 0.4) is 0 Å². The molecule has 2 atom stereocenters. The number of nitrogens with zero attached hydrogens (tertiary/aromatic N) is 1. The highest BCUT2D eigenvalue weighted by molar-refractivity contribution is 6.62. The summed E-state index contributed by atoms with van der Waals surface area (Å²) in [5.74, 6) is -0.222. The second-order valence-corrected chi connectivity index (χ2v) is 13.8. The van der Waals surface area contributed by atoms with Gasteiger partial charge in [0.2, 0.25) is 0 Å². The Bertz CT molecular complexity index is 403. The molecule has 174 valence electrons. The number of hydrogen-bond donors (Lipinski definition) is 0. The number of hydrogen-bond acceptors (Lipinski definition) is 9. The van der Waals surface area contributed by atoms with Gasteiger partial charge in [0.15, 0.2) is 0 Å². The number of rotatable bonds is 17. The lowest BCUT2D eigenvalue weighted by Gasteiger charge is -2.33. The summed E-state index contributed by atoms with van der Waals surface area (Å²) in [7, 11) is 5.73. The Morgan fingerprint density at radius 2 is 1.03 bits per heavy atom. The molecule has 29 heavy (non-hydrogen) atoms. The van der Waals surface area contributed by atoms with Gasteiger partial charge in [-0.1, -0.05) is 13.8 Å². The zero-order chi connectivity index (χ0) is 22.5. The molecule has 0 aromatic carbocycles. The molecule has 0 amide bonds. The Morgan fingerprint density at radius 1 is 0.690 bits per heavy atom. The minimum absolute atomic E-state index is 0.117. The van der Waals surface area contributed by atoms with Crippen molar-refractivity contribution in [3.63, 3.8) is 0 Å². The van der Waals surface area contributed by atoms with Crippen molar-refractivity contribution >= 4 is 23.6 Å². The minimum atomic E-state index is -2.70. The molecule has 0 bridgehead atoms. The highest BCUT2D eigenvalue weighted by atomic mass is 28.4. The van der Waals surface area contributed by atoms with Crippen molar-refractivity contribution in [3.05, 3.63) is 0 Å². The van der Waals surface area contributed by atoms with E-state index in [2.05, 4.69) is 18.7 Å². The SMILES string of the molecule is COC(=O)CCN(CCC(C)[Si](OC)(OC)OC)CCC(C)[Si](OC)(OC)OC. The first-order chi connectivity index (χ1) is 13.7. The summed E-state index contributed by atoms with van der Waals surface area (Å²) in [6.07, 6.45) is 1.97. The van der Waals surface area contributed by atoms with E-state index in [1.807, 2.05) is 0 Å². The van der Waals surface area contributed by atoms with E-state index < -0.39 is 17.6 Å². The van der Waals surface area contributed by atoms with Crippen molar-refractivity contribution in [2.75, 3.05) is 69.4 Å². The first kappa shape index (κ1) is 28.6. The van der Waals surface area contributed by atoms with Crippen LogP contribution in [0.2, 0.25) is 11.1 Å². The Balaban J connectivity index is 5.04. The van der Waals surface area contributed by atoms with Gasteiger partial charge in [0.05, 0.1) is 13.5 Å². The van der Waals surface area contributed by atoms with Crippen molar-refractivity contribution < 1.29 is 36.1 Å². The average molecular weight is 456 g/mol. The molecule has 0 aromatic heterocycles. The Kier molecular flexibility index (Phi) is 14.4. The quantitative estimate of drug-likeness (QED) is 0.242. The van der Waals surface area contributed by atoms with Crippen LogP contribution in [0.5, 0.6) is 0 Å². The molecule has 0 rings (SSSR count). The van der Waals surface area contributed by atoms with Crippen LogP contribution in [0.4, 0.5) is 0 Å². The fraction of sp³-hybridized carbons (Fsp3) is 0.944. The van der Waals surface area contributed by atoms with Crippen molar-refractivity contribution in [1.29, 1.82) is 0 Å². The van der Waals surface area contributed by atoms with Crippen LogP contribution >= 0.6 is 0 Å². The predicted octanol–water partition coefficient (Wildman–Crippen LogP) is 2.17. The average Bonchev–Trinajstić information content (AvgIpc) is 2.76. The van der Waals surface area contributed by atoms with Gasteiger partial charge in [-0.2, -0.15) is 0 Å². The predicted molar refractivity (Wildman–Crippen MR) is 115 cm³/mol. The molecule has 0 aliphatic heterocycles. The van der Waals surface area contributed by atoms with Gasteiger partial charge in [0.25, 0.3) is 0 Å². The Hall–Kier alpha value is -0.376. The van der Waals surface area contributed by atoms with E-state index in [1.165, 1.54) is 7.11 Å². The molecule has 0 N–H and O–H groups in total. The van der Waals surface area contributed by atoms with E-state index in [0.717, 1.165) is 25.9 Å². The van der Waals surface area contributed by atoms with Gasteiger partial charge >= 0.3 is 23.6 Å². The number of carbonyl (C=O) groups excluding carboxylic acids is 1. The molecular formula is C18H41NO8Si2. The molecule has 0 aliphatic carbocycles. The molecule has 0 saturated carbocycles. The molecule has 0 aliphatic rings. The highest BCUT2D eigenvalue weighted by Gasteiger charge is 2.45. The Morgan fingerprint density at radius 3 is 1.31 bits per heavy atom. The minimum Gasteiger partial charge on any atom is -0.469 e. The third-order valence-corrected chi connectivity index (χ3v) is 11.9. The van der Waals surface area contributed by atoms with Gasteiger partial charge in [-0.15, -0.1) is 0 Å². The second kappa shape index (κ2) is 14.6. The molecule has 0 radical (unpaired) electrons. The molecule has 0 fully saturated rings. The van der Waals surface area contributed by atoms with Crippen molar-refractivity contribution in [3.8, 4) is 0 Å². The van der Waals surface area contributed by atoms with E-state index in [4.69, 9.17) is 31.3 Å². The molecule has 11 heteroatoms. The zero-order valence-electron chi connectivity index (χ0n) is 19.6. The van der Waals surface area contributed by atoms with Gasteiger partial charge in [-0.05, 0) is 25.9 Å². The standard InChI is InChI=1S/C18H41NO8Si2/c1-16(28(22-4,23-5)24-6)10-13-19(15-12-18(20)21-3)14-11-17(2)29(25-7,26-8)27-9/h16-17H,10-15H2,1-9H3. The summed E-state index contributed by atoms with van der Waals surface area (Å²) in [5, 5.41) is 0. The maximum Gasteiger partial charge on any atom is 0.503 e. The van der Waals surface area contributed by atoms with Crippen LogP contribution in [0.15, 0.2) is 0 Å². The fourth-order valence-corrected chi connectivity index (χ4v) is 7.88. The van der Waals surface area contributed by atoms with Crippen LogP contribution in [0.25, 0.3) is 0 Å². The van der Waals surface area contributed by atoms with Crippen molar-refractivity contribution in [2.45, 2.75) is 44.2 Å². The lowest BCUT2D eigenvalue weighted by Crippen LogP contribution is -2.48. The van der Waals surface area contributed by atoms with Crippen LogP contribution < -0.4 is 0 Å². The van der Waals surface area contributed by atoms with Gasteiger partial charge in [0.1, 0.15) is 0 Å². The summed E-state index contributed by atoms with van der Waals surface area (Å²) in [6, 6.07) is 0. The normalized spacial score (nSPS) is 14.8. The molecule has 0 spiro atoms. The number of methoxy groups -OCH3 is 1. The molecule has 0 heterocycles. The van der Waals surface area contributed by atoms with Crippen LogP contribution in [-0.2, 0) is 36.1 Å². The number of esters is 1. The lowest BCUT2D eigenvalue weighted by molar-refractivity contribution is -0.141. The molecular weight excluding hydrogens is 414 g/mol. The van der Waals surface area contributed by atoms with Crippen molar-refractivity contribution in [2.24, 2.45) is 0 Å². The fourth-order valence-electron chi connectivity index (χ4n) is 3.50. The van der Waals surface area contributed by atoms with Gasteiger partial charge in [0, 0.05) is 60.3 Å². The van der Waals surface area contributed by atoms with Gasteiger partial charge < -0.3 is 36.2 Å². The number of carbonyl (C=O) groups is 1. The summed E-state index contributed by atoms with van der Waals surface area (Å²) >= 11 is 0. The Labute approximate surface area is 178 Å². The maximum absolute atomic E-state index is 11.6. The van der Waals surface area contributed by atoms with E-state index >= 15 is 0 Å². The topological polar surface area (TPSA) is 84.9 Å². The van der Waals surface area contributed by atoms with Crippen molar-refractivity contribution in [1.82, 2.24) is 4.90 Å². The molecule has 9 nitrogen and oxygen atoms in total. The largest absolute Gasteiger partial charge is 0.503 e. The first-order valence-electron chi connectivity index (χ1n) is 9.84. The van der Waals surface area contributed by atoms with Gasteiger partial charge in [-0.3, -0.25) is 4.79 Å². The molecule has 2 unspecified atom stereocenters. The molecule has 0 saturated heterocycles. The maximum atomic E-state index is 11.6. The summed E-state index contributed by atoms with van der Waals surface area (Å²) in [4.78, 5) is 13.9. The lowest BCUT2D eigenvalue weighted by atomic mass is 10.2. The van der Waals surface area contributed by atoms with Crippen LogP contribution in [0.1, 0.15) is 33.1 Å². The third kappa shape index (κ3) is 8.34. The van der Waals surface area contributed by atoms with E-state index in [9.17, 15) is 4.79 Å². The summed E-state index contributed by atoms with van der Waals surface area (Å²) in [5.41, 5.74) is 0.233.